The molecule has 124 valence electrons. The van der Waals surface area contributed by atoms with Gasteiger partial charge in [-0.1, -0.05) is 6.07 Å². The molecule has 1 saturated heterocycles. The topological polar surface area (TPSA) is 67.8 Å². The van der Waals surface area contributed by atoms with Crippen LogP contribution >= 0.6 is 0 Å². The van der Waals surface area contributed by atoms with Gasteiger partial charge in [-0.15, -0.1) is 0 Å². The van der Waals surface area contributed by atoms with Crippen molar-refractivity contribution in [1.29, 1.82) is 0 Å². The molecule has 3 rings (SSSR count). The summed E-state index contributed by atoms with van der Waals surface area (Å²) in [5.41, 5.74) is 1.93. The largest absolute Gasteiger partial charge is 0.493 e. The van der Waals surface area contributed by atoms with Crippen molar-refractivity contribution in [2.45, 2.75) is 44.1 Å². The Kier molecular flexibility index (Phi) is 4.74. The van der Waals surface area contributed by atoms with E-state index in [2.05, 4.69) is 5.32 Å². The van der Waals surface area contributed by atoms with E-state index in [0.29, 0.717) is 6.42 Å². The van der Waals surface area contributed by atoms with Crippen molar-refractivity contribution in [3.8, 4) is 11.5 Å². The van der Waals surface area contributed by atoms with Crippen LogP contribution in [0.1, 0.15) is 43.6 Å². The number of ether oxygens (including phenoxy) is 2. The van der Waals surface area contributed by atoms with E-state index in [4.69, 9.17) is 14.6 Å². The third-order valence-electron chi connectivity index (χ3n) is 4.59. The normalized spacial score (nSPS) is 23.0. The summed E-state index contributed by atoms with van der Waals surface area (Å²) in [6, 6.07) is 6.03. The van der Waals surface area contributed by atoms with Crippen molar-refractivity contribution in [2.24, 2.45) is 0 Å². The molecule has 5 heteroatoms. The fourth-order valence-corrected chi connectivity index (χ4v) is 3.38. The third kappa shape index (κ3) is 3.78. The Labute approximate surface area is 136 Å². The van der Waals surface area contributed by atoms with E-state index in [1.807, 2.05) is 18.2 Å². The highest BCUT2D eigenvalue weighted by Gasteiger charge is 2.24. The maximum absolute atomic E-state index is 10.8. The summed E-state index contributed by atoms with van der Waals surface area (Å²) in [6.45, 7) is 0.744. The molecule has 23 heavy (non-hydrogen) atoms. The number of aliphatic carboxylic acids is 1. The van der Waals surface area contributed by atoms with Gasteiger partial charge >= 0.3 is 5.97 Å². The van der Waals surface area contributed by atoms with Gasteiger partial charge in [0.25, 0.3) is 0 Å². The molecule has 2 N–H and O–H groups in total. The smallest absolute Gasteiger partial charge is 0.330 e. The number of benzene rings is 1. The number of rotatable bonds is 5. The van der Waals surface area contributed by atoms with Crippen molar-refractivity contribution in [3.05, 3.63) is 35.5 Å². The lowest BCUT2D eigenvalue weighted by atomic mass is 9.97. The van der Waals surface area contributed by atoms with Crippen molar-refractivity contribution in [2.75, 3.05) is 13.7 Å². The van der Waals surface area contributed by atoms with Crippen molar-refractivity contribution >= 4 is 5.97 Å². The van der Waals surface area contributed by atoms with Crippen LogP contribution < -0.4 is 14.8 Å². The molecule has 2 aliphatic rings. The number of hydrogen-bond donors (Lipinski definition) is 2. The van der Waals surface area contributed by atoms with Crippen LogP contribution in [0.4, 0.5) is 0 Å². The minimum absolute atomic E-state index is 0.262. The molecular weight excluding hydrogens is 294 g/mol. The molecule has 1 saturated carbocycles. The van der Waals surface area contributed by atoms with Crippen LogP contribution in [0.15, 0.2) is 30.0 Å². The Morgan fingerprint density at radius 3 is 2.78 bits per heavy atom. The molecule has 1 aliphatic carbocycles. The van der Waals surface area contributed by atoms with Crippen LogP contribution in [-0.2, 0) is 4.79 Å². The van der Waals surface area contributed by atoms with E-state index in [-0.39, 0.29) is 12.0 Å². The molecule has 5 nitrogen and oxygen atoms in total. The minimum atomic E-state index is -0.909. The molecule has 0 radical (unpaired) electrons. The monoisotopic (exact) mass is 317 g/mol. The van der Waals surface area contributed by atoms with Gasteiger partial charge in [-0.25, -0.2) is 4.79 Å². The molecule has 0 amide bonds. The second-order valence-electron chi connectivity index (χ2n) is 6.22. The molecule has 1 heterocycles. The van der Waals surface area contributed by atoms with Gasteiger partial charge in [-0.2, -0.15) is 0 Å². The number of nitrogens with one attached hydrogen (secondary N) is 1. The first-order chi connectivity index (χ1) is 11.2. The van der Waals surface area contributed by atoms with Crippen molar-refractivity contribution < 1.29 is 19.4 Å². The molecule has 0 bridgehead atoms. The average molecular weight is 317 g/mol. The lowest BCUT2D eigenvalue weighted by Gasteiger charge is -2.18. The number of carboxylic acids is 1. The minimum Gasteiger partial charge on any atom is -0.493 e. The van der Waals surface area contributed by atoms with E-state index in [0.717, 1.165) is 42.1 Å². The van der Waals surface area contributed by atoms with Gasteiger partial charge in [-0.05, 0) is 49.8 Å². The molecular formula is C18H23NO4. The Morgan fingerprint density at radius 2 is 2.09 bits per heavy atom. The summed E-state index contributed by atoms with van der Waals surface area (Å²) in [7, 11) is 1.65. The van der Waals surface area contributed by atoms with E-state index in [1.165, 1.54) is 18.9 Å². The second-order valence-corrected chi connectivity index (χ2v) is 6.22. The Hall–Kier alpha value is -2.17. The van der Waals surface area contributed by atoms with Crippen LogP contribution in [0, 0.1) is 0 Å². The summed E-state index contributed by atoms with van der Waals surface area (Å²) < 4.78 is 11.6. The summed E-state index contributed by atoms with van der Waals surface area (Å²) in [5, 5.41) is 12.0. The zero-order valence-electron chi connectivity index (χ0n) is 13.4. The highest BCUT2D eigenvalue weighted by atomic mass is 16.5. The fourth-order valence-electron chi connectivity index (χ4n) is 3.38. The fraction of sp³-hybridized carbons (Fsp3) is 0.500. The molecule has 1 aromatic carbocycles. The molecule has 0 unspecified atom stereocenters. The van der Waals surface area contributed by atoms with Gasteiger partial charge in [0.2, 0.25) is 0 Å². The summed E-state index contributed by atoms with van der Waals surface area (Å²) >= 11 is 0. The number of carboxylic acid groups (broad SMARTS) is 1. The van der Waals surface area contributed by atoms with E-state index in [1.54, 1.807) is 7.11 Å². The van der Waals surface area contributed by atoms with Gasteiger partial charge in [0.05, 0.1) is 13.2 Å². The van der Waals surface area contributed by atoms with Gasteiger partial charge in [0.15, 0.2) is 11.5 Å². The van der Waals surface area contributed by atoms with Gasteiger partial charge in [-0.3, -0.25) is 0 Å². The standard InChI is InChI=1S/C18H23NO4/c1-22-16-7-6-12(9-17(16)23-15-4-2-3-5-15)13-8-14(19-11-13)10-18(20)21/h6-7,9-10,13,15,19H,2-5,8,11H2,1H3,(H,20,21)/t13-/m0/s1. The molecule has 0 spiro atoms. The summed E-state index contributed by atoms with van der Waals surface area (Å²) in [6.07, 6.45) is 6.89. The highest BCUT2D eigenvalue weighted by Crippen LogP contribution is 2.36. The van der Waals surface area contributed by atoms with E-state index in [9.17, 15) is 4.79 Å². The molecule has 1 atom stereocenters. The van der Waals surface area contributed by atoms with Crippen LogP contribution in [0.3, 0.4) is 0 Å². The van der Waals surface area contributed by atoms with Gasteiger partial charge < -0.3 is 19.9 Å². The predicted molar refractivity (Wildman–Crippen MR) is 87.0 cm³/mol. The van der Waals surface area contributed by atoms with Gasteiger partial charge in [0.1, 0.15) is 0 Å². The number of allylic oxidation sites excluding steroid dienone is 1. The van der Waals surface area contributed by atoms with E-state index < -0.39 is 5.97 Å². The second kappa shape index (κ2) is 6.94. The molecule has 1 aromatic rings. The zero-order chi connectivity index (χ0) is 16.2. The number of methoxy groups -OCH3 is 1. The van der Waals surface area contributed by atoms with Crippen LogP contribution in [-0.4, -0.2) is 30.8 Å². The Balaban J connectivity index is 1.76. The van der Waals surface area contributed by atoms with Crippen LogP contribution in [0.2, 0.25) is 0 Å². The quantitative estimate of drug-likeness (QED) is 0.817. The van der Waals surface area contributed by atoms with E-state index >= 15 is 0 Å². The predicted octanol–water partition coefficient (Wildman–Crippen LogP) is 3.06. The van der Waals surface area contributed by atoms with Crippen LogP contribution in [0.25, 0.3) is 0 Å². The van der Waals surface area contributed by atoms with Crippen LogP contribution in [0.5, 0.6) is 11.5 Å². The maximum Gasteiger partial charge on any atom is 0.330 e. The Morgan fingerprint density at radius 1 is 1.30 bits per heavy atom. The zero-order valence-corrected chi connectivity index (χ0v) is 13.4. The number of hydrogen-bond acceptors (Lipinski definition) is 4. The summed E-state index contributed by atoms with van der Waals surface area (Å²) in [4.78, 5) is 10.8. The SMILES string of the molecule is COc1ccc([C@@H]2CNC(=CC(=O)O)C2)cc1OC1CCCC1. The molecule has 1 aliphatic heterocycles. The van der Waals surface area contributed by atoms with Gasteiger partial charge in [0, 0.05) is 24.2 Å². The van der Waals surface area contributed by atoms with Crippen molar-refractivity contribution in [3.63, 3.8) is 0 Å². The Bertz CT molecular complexity index is 605. The lowest BCUT2D eigenvalue weighted by molar-refractivity contribution is -0.131. The maximum atomic E-state index is 10.8. The first-order valence-corrected chi connectivity index (χ1v) is 8.17. The first kappa shape index (κ1) is 15.7. The van der Waals surface area contributed by atoms with Crippen molar-refractivity contribution in [1.82, 2.24) is 5.32 Å². The average Bonchev–Trinajstić information content (AvgIpc) is 3.18. The highest BCUT2D eigenvalue weighted by molar-refractivity contribution is 5.80. The third-order valence-corrected chi connectivity index (χ3v) is 4.59. The molecule has 0 aromatic heterocycles. The first-order valence-electron chi connectivity index (χ1n) is 8.17. The molecule has 2 fully saturated rings. The lowest BCUT2D eigenvalue weighted by Crippen LogP contribution is -2.12. The number of carbonyl (C=O) groups is 1. The summed E-state index contributed by atoms with van der Waals surface area (Å²) in [5.74, 6) is 0.908.